The maximum Gasteiger partial charge on any atom is 0.221 e. The lowest BCUT2D eigenvalue weighted by Crippen LogP contribution is -2.24. The average Bonchev–Trinajstić information content (AvgIpc) is 2.26. The van der Waals surface area contributed by atoms with Crippen LogP contribution in [0.25, 0.3) is 0 Å². The van der Waals surface area contributed by atoms with Crippen molar-refractivity contribution in [1.29, 1.82) is 0 Å². The molecular formula is C9H18N2OS. The topological polar surface area (TPSA) is 55.1 Å². The number of thioether (sulfide) groups is 1. The lowest BCUT2D eigenvalue weighted by molar-refractivity contribution is -0.120. The highest BCUT2D eigenvalue weighted by Gasteiger charge is 2.17. The van der Waals surface area contributed by atoms with Crippen LogP contribution >= 0.6 is 11.8 Å². The Morgan fingerprint density at radius 2 is 2.54 bits per heavy atom. The van der Waals surface area contributed by atoms with E-state index in [2.05, 4.69) is 5.32 Å². The van der Waals surface area contributed by atoms with Gasteiger partial charge in [0, 0.05) is 30.0 Å². The monoisotopic (exact) mass is 202 g/mol. The summed E-state index contributed by atoms with van der Waals surface area (Å²) in [6.45, 7) is 2.85. The number of rotatable bonds is 3. The van der Waals surface area contributed by atoms with Gasteiger partial charge in [-0.25, -0.2) is 0 Å². The van der Waals surface area contributed by atoms with Crippen LogP contribution in [-0.2, 0) is 4.79 Å². The van der Waals surface area contributed by atoms with Crippen LogP contribution in [0.1, 0.15) is 26.2 Å². The number of nitrogens with one attached hydrogen (secondary N) is 1. The van der Waals surface area contributed by atoms with E-state index in [0.717, 1.165) is 25.1 Å². The van der Waals surface area contributed by atoms with Crippen LogP contribution in [0.2, 0.25) is 0 Å². The minimum absolute atomic E-state index is 0.194. The van der Waals surface area contributed by atoms with Crippen LogP contribution < -0.4 is 11.1 Å². The number of nitrogens with two attached hydrogens (primary N) is 1. The quantitative estimate of drug-likeness (QED) is 0.709. The van der Waals surface area contributed by atoms with Gasteiger partial charge in [0.2, 0.25) is 5.91 Å². The van der Waals surface area contributed by atoms with Gasteiger partial charge in [0.25, 0.3) is 0 Å². The summed E-state index contributed by atoms with van der Waals surface area (Å²) in [7, 11) is 0. The minimum Gasteiger partial charge on any atom is -0.356 e. The summed E-state index contributed by atoms with van der Waals surface area (Å²) in [5, 5.41) is 3.36. The van der Waals surface area contributed by atoms with Crippen molar-refractivity contribution in [1.82, 2.24) is 5.32 Å². The minimum atomic E-state index is 0.194. The van der Waals surface area contributed by atoms with Crippen LogP contribution in [0, 0.1) is 0 Å². The van der Waals surface area contributed by atoms with E-state index < -0.39 is 0 Å². The van der Waals surface area contributed by atoms with Crippen molar-refractivity contribution in [3.8, 4) is 0 Å². The zero-order valence-electron chi connectivity index (χ0n) is 8.08. The van der Waals surface area contributed by atoms with E-state index in [-0.39, 0.29) is 11.9 Å². The molecule has 1 heterocycles. The van der Waals surface area contributed by atoms with Crippen molar-refractivity contribution in [3.05, 3.63) is 0 Å². The summed E-state index contributed by atoms with van der Waals surface area (Å²) in [5.74, 6) is 1.15. The normalized spacial score (nSPS) is 26.3. The van der Waals surface area contributed by atoms with E-state index in [1.54, 1.807) is 0 Å². The fourth-order valence-electron chi connectivity index (χ4n) is 1.37. The molecule has 0 aromatic rings. The highest BCUT2D eigenvalue weighted by Crippen LogP contribution is 2.21. The molecule has 1 amide bonds. The summed E-state index contributed by atoms with van der Waals surface area (Å²) in [4.78, 5) is 11.2. The molecule has 13 heavy (non-hydrogen) atoms. The van der Waals surface area contributed by atoms with Gasteiger partial charge in [0.1, 0.15) is 0 Å². The molecule has 0 saturated carbocycles. The molecule has 0 aromatic heterocycles. The molecule has 1 fully saturated rings. The summed E-state index contributed by atoms with van der Waals surface area (Å²) < 4.78 is 0. The summed E-state index contributed by atoms with van der Waals surface area (Å²) in [6.07, 6.45) is 2.90. The van der Waals surface area contributed by atoms with Gasteiger partial charge in [-0.2, -0.15) is 11.8 Å². The van der Waals surface area contributed by atoms with E-state index in [1.807, 2.05) is 18.7 Å². The van der Waals surface area contributed by atoms with Crippen LogP contribution in [0.5, 0.6) is 0 Å². The van der Waals surface area contributed by atoms with Crippen molar-refractivity contribution < 1.29 is 4.79 Å². The third-order valence-corrected chi connectivity index (χ3v) is 3.62. The largest absolute Gasteiger partial charge is 0.356 e. The second-order valence-electron chi connectivity index (χ2n) is 3.63. The molecule has 0 aliphatic carbocycles. The van der Waals surface area contributed by atoms with Gasteiger partial charge in [-0.15, -0.1) is 0 Å². The first-order valence-electron chi connectivity index (χ1n) is 4.82. The third-order valence-electron chi connectivity index (χ3n) is 2.03. The smallest absolute Gasteiger partial charge is 0.221 e. The third kappa shape index (κ3) is 4.52. The van der Waals surface area contributed by atoms with Crippen molar-refractivity contribution >= 4 is 17.7 Å². The van der Waals surface area contributed by atoms with Gasteiger partial charge in [-0.05, 0) is 19.8 Å². The van der Waals surface area contributed by atoms with E-state index in [1.165, 1.54) is 0 Å². The van der Waals surface area contributed by atoms with E-state index in [9.17, 15) is 4.79 Å². The molecule has 1 saturated heterocycles. The molecule has 76 valence electrons. The van der Waals surface area contributed by atoms with E-state index >= 15 is 0 Å². The molecule has 0 bridgehead atoms. The van der Waals surface area contributed by atoms with Gasteiger partial charge >= 0.3 is 0 Å². The first-order valence-corrected chi connectivity index (χ1v) is 5.87. The Morgan fingerprint density at radius 3 is 3.23 bits per heavy atom. The molecule has 4 heteroatoms. The predicted molar refractivity (Wildman–Crippen MR) is 56.8 cm³/mol. The maximum atomic E-state index is 11.2. The summed E-state index contributed by atoms with van der Waals surface area (Å²) in [6, 6.07) is 0.233. The van der Waals surface area contributed by atoms with Crippen molar-refractivity contribution in [2.45, 2.75) is 37.5 Å². The molecule has 0 radical (unpaired) electrons. The van der Waals surface area contributed by atoms with Crippen molar-refractivity contribution in [2.24, 2.45) is 5.73 Å². The number of carbonyl (C=O) groups is 1. The maximum absolute atomic E-state index is 11.2. The molecule has 0 aromatic carbocycles. The molecule has 2 unspecified atom stereocenters. The standard InChI is InChI=1S/C9H18N2OS/c1-7(10)6-13-8-3-2-4-11-9(12)5-8/h7-8H,2-6,10H2,1H3,(H,11,12). The SMILES string of the molecule is CC(N)CSC1CCCNC(=O)C1. The van der Waals surface area contributed by atoms with Gasteiger partial charge < -0.3 is 11.1 Å². The van der Waals surface area contributed by atoms with Crippen LogP contribution in [0.15, 0.2) is 0 Å². The number of hydrogen-bond acceptors (Lipinski definition) is 3. The van der Waals surface area contributed by atoms with E-state index in [4.69, 9.17) is 5.73 Å². The average molecular weight is 202 g/mol. The first-order chi connectivity index (χ1) is 6.18. The molecule has 3 nitrogen and oxygen atoms in total. The Morgan fingerprint density at radius 1 is 1.77 bits per heavy atom. The number of amides is 1. The summed E-state index contributed by atoms with van der Waals surface area (Å²) in [5.41, 5.74) is 5.66. The lowest BCUT2D eigenvalue weighted by Gasteiger charge is -2.13. The zero-order valence-corrected chi connectivity index (χ0v) is 8.90. The Hall–Kier alpha value is -0.220. The highest BCUT2D eigenvalue weighted by molar-refractivity contribution is 7.99. The Bertz CT molecular complexity index is 173. The number of carbonyl (C=O) groups excluding carboxylic acids is 1. The first kappa shape index (κ1) is 10.9. The van der Waals surface area contributed by atoms with E-state index in [0.29, 0.717) is 11.7 Å². The van der Waals surface area contributed by atoms with Crippen LogP contribution in [0.3, 0.4) is 0 Å². The summed E-state index contributed by atoms with van der Waals surface area (Å²) >= 11 is 1.84. The molecule has 2 atom stereocenters. The van der Waals surface area contributed by atoms with Gasteiger partial charge in [0.15, 0.2) is 0 Å². The molecule has 1 aliphatic heterocycles. The predicted octanol–water partition coefficient (Wildman–Crippen LogP) is 0.735. The fourth-order valence-corrected chi connectivity index (χ4v) is 2.55. The van der Waals surface area contributed by atoms with Crippen molar-refractivity contribution in [3.63, 3.8) is 0 Å². The zero-order chi connectivity index (χ0) is 9.68. The molecule has 1 rings (SSSR count). The molecule has 1 aliphatic rings. The Balaban J connectivity index is 2.26. The lowest BCUT2D eigenvalue weighted by atomic mass is 10.2. The van der Waals surface area contributed by atoms with Crippen LogP contribution in [-0.4, -0.2) is 29.5 Å². The fraction of sp³-hybridized carbons (Fsp3) is 0.889. The Kier molecular flexibility index (Phi) is 4.59. The second-order valence-corrected chi connectivity index (χ2v) is 4.96. The molecule has 3 N–H and O–H groups in total. The van der Waals surface area contributed by atoms with Gasteiger partial charge in [-0.1, -0.05) is 0 Å². The highest BCUT2D eigenvalue weighted by atomic mass is 32.2. The van der Waals surface area contributed by atoms with Crippen molar-refractivity contribution in [2.75, 3.05) is 12.3 Å². The van der Waals surface area contributed by atoms with Gasteiger partial charge in [-0.3, -0.25) is 4.79 Å². The van der Waals surface area contributed by atoms with Gasteiger partial charge in [0.05, 0.1) is 0 Å². The second kappa shape index (κ2) is 5.50. The Labute approximate surface area is 83.8 Å². The molecule has 0 spiro atoms. The van der Waals surface area contributed by atoms with Crippen LogP contribution in [0.4, 0.5) is 0 Å². The molecular weight excluding hydrogens is 184 g/mol. The number of hydrogen-bond donors (Lipinski definition) is 2.